The molecule has 1 rings (SSSR count). The van der Waals surface area contributed by atoms with Crippen molar-refractivity contribution < 1.29 is 5.11 Å². The second-order valence-corrected chi connectivity index (χ2v) is 4.55. The lowest BCUT2D eigenvalue weighted by atomic mass is 10.1. The lowest BCUT2D eigenvalue weighted by Crippen LogP contribution is -2.06. The number of hydrogen-bond donors (Lipinski definition) is 1. The third-order valence-corrected chi connectivity index (χ3v) is 2.88. The van der Waals surface area contributed by atoms with E-state index in [2.05, 4.69) is 0 Å². The first-order valence-corrected chi connectivity index (χ1v) is 5.56. The van der Waals surface area contributed by atoms with Crippen LogP contribution < -0.4 is 0 Å². The van der Waals surface area contributed by atoms with Gasteiger partial charge < -0.3 is 5.11 Å². The summed E-state index contributed by atoms with van der Waals surface area (Å²) in [6.45, 7) is 2.00. The Morgan fingerprint density at radius 2 is 2.00 bits per heavy atom. The van der Waals surface area contributed by atoms with Crippen LogP contribution in [0.15, 0.2) is 18.2 Å². The van der Waals surface area contributed by atoms with Crippen LogP contribution in [0, 0.1) is 0 Å². The number of halogens is 3. The number of aliphatic hydroxyl groups excluding tert-OH is 1. The Bertz CT molecular complexity index is 312. The van der Waals surface area contributed by atoms with Crippen molar-refractivity contribution >= 4 is 34.8 Å². The standard InChI is InChI=1S/C10H11Cl3O/c1-2-6-5-7(3-4-8(6)11)9(14)10(12)13/h3-5,9-10,14H,2H2,1H3. The van der Waals surface area contributed by atoms with E-state index in [4.69, 9.17) is 34.8 Å². The molecule has 0 spiro atoms. The second kappa shape index (κ2) is 5.22. The molecular formula is C10H11Cl3O. The lowest BCUT2D eigenvalue weighted by Gasteiger charge is -2.13. The third kappa shape index (κ3) is 2.77. The highest BCUT2D eigenvalue weighted by Crippen LogP contribution is 2.27. The first kappa shape index (κ1) is 12.1. The van der Waals surface area contributed by atoms with Crippen LogP contribution in [0.4, 0.5) is 0 Å². The largest absolute Gasteiger partial charge is 0.386 e. The normalized spacial score (nSPS) is 13.3. The van der Waals surface area contributed by atoms with Gasteiger partial charge in [0, 0.05) is 5.02 Å². The second-order valence-electron chi connectivity index (χ2n) is 2.98. The summed E-state index contributed by atoms with van der Waals surface area (Å²) in [6, 6.07) is 5.30. The number of alkyl halides is 2. The third-order valence-electron chi connectivity index (χ3n) is 2.03. The molecule has 0 saturated heterocycles. The Morgan fingerprint density at radius 1 is 1.36 bits per heavy atom. The molecule has 0 radical (unpaired) electrons. The molecule has 1 N–H and O–H groups in total. The molecule has 0 saturated carbocycles. The molecular weight excluding hydrogens is 242 g/mol. The van der Waals surface area contributed by atoms with Crippen molar-refractivity contribution in [2.45, 2.75) is 24.3 Å². The Labute approximate surface area is 98.6 Å². The quantitative estimate of drug-likeness (QED) is 0.814. The summed E-state index contributed by atoms with van der Waals surface area (Å²) in [5, 5.41) is 10.3. The molecule has 1 nitrogen and oxygen atoms in total. The molecule has 0 aliphatic rings. The highest BCUT2D eigenvalue weighted by molar-refractivity contribution is 6.44. The smallest absolute Gasteiger partial charge is 0.137 e. The molecule has 78 valence electrons. The molecule has 0 aliphatic heterocycles. The van der Waals surface area contributed by atoms with E-state index >= 15 is 0 Å². The van der Waals surface area contributed by atoms with E-state index in [9.17, 15) is 5.11 Å². The minimum Gasteiger partial charge on any atom is -0.386 e. The number of hydrogen-bond acceptors (Lipinski definition) is 1. The van der Waals surface area contributed by atoms with Gasteiger partial charge in [0.05, 0.1) is 0 Å². The van der Waals surface area contributed by atoms with Crippen LogP contribution in [-0.4, -0.2) is 9.94 Å². The van der Waals surface area contributed by atoms with Crippen molar-refractivity contribution in [1.82, 2.24) is 0 Å². The maximum Gasteiger partial charge on any atom is 0.137 e. The molecule has 4 heteroatoms. The van der Waals surface area contributed by atoms with Gasteiger partial charge in [-0.1, -0.05) is 30.7 Å². The van der Waals surface area contributed by atoms with Gasteiger partial charge in [-0.05, 0) is 23.6 Å². The van der Waals surface area contributed by atoms with Crippen molar-refractivity contribution in [3.8, 4) is 0 Å². The number of benzene rings is 1. The molecule has 0 aliphatic carbocycles. The predicted molar refractivity (Wildman–Crippen MR) is 61.3 cm³/mol. The Balaban J connectivity index is 3.00. The van der Waals surface area contributed by atoms with Gasteiger partial charge in [0.25, 0.3) is 0 Å². The van der Waals surface area contributed by atoms with Crippen LogP contribution in [-0.2, 0) is 6.42 Å². The molecule has 14 heavy (non-hydrogen) atoms. The lowest BCUT2D eigenvalue weighted by molar-refractivity contribution is 0.193. The van der Waals surface area contributed by atoms with Crippen molar-refractivity contribution in [1.29, 1.82) is 0 Å². The summed E-state index contributed by atoms with van der Waals surface area (Å²) in [7, 11) is 0. The fourth-order valence-electron chi connectivity index (χ4n) is 1.20. The summed E-state index contributed by atoms with van der Waals surface area (Å²) < 4.78 is 0. The van der Waals surface area contributed by atoms with Crippen molar-refractivity contribution in [3.05, 3.63) is 34.3 Å². The molecule has 0 aromatic heterocycles. The topological polar surface area (TPSA) is 20.2 Å². The van der Waals surface area contributed by atoms with Gasteiger partial charge in [-0.3, -0.25) is 0 Å². The average molecular weight is 254 g/mol. The van der Waals surface area contributed by atoms with Crippen molar-refractivity contribution in [2.75, 3.05) is 0 Å². The summed E-state index contributed by atoms with van der Waals surface area (Å²) in [5.41, 5.74) is 1.68. The van der Waals surface area contributed by atoms with Gasteiger partial charge in [-0.25, -0.2) is 0 Å². The van der Waals surface area contributed by atoms with E-state index in [-0.39, 0.29) is 0 Å². The first-order valence-electron chi connectivity index (χ1n) is 4.30. The molecule has 0 heterocycles. The molecule has 0 bridgehead atoms. The van der Waals surface area contributed by atoms with Gasteiger partial charge in [0.1, 0.15) is 10.9 Å². The minimum atomic E-state index is -0.860. The summed E-state index contributed by atoms with van der Waals surface area (Å²) in [6.07, 6.45) is -0.0462. The Kier molecular flexibility index (Phi) is 4.52. The van der Waals surface area contributed by atoms with E-state index in [0.29, 0.717) is 10.6 Å². The zero-order valence-corrected chi connectivity index (χ0v) is 9.94. The number of aliphatic hydroxyl groups is 1. The van der Waals surface area contributed by atoms with Gasteiger partial charge >= 0.3 is 0 Å². The average Bonchev–Trinajstić information content (AvgIpc) is 2.17. The molecule has 0 amide bonds. The van der Waals surface area contributed by atoms with E-state index in [1.54, 1.807) is 12.1 Å². The van der Waals surface area contributed by atoms with E-state index in [0.717, 1.165) is 12.0 Å². The van der Waals surface area contributed by atoms with E-state index in [1.165, 1.54) is 0 Å². The zero-order chi connectivity index (χ0) is 10.7. The maximum atomic E-state index is 9.60. The van der Waals surface area contributed by atoms with Crippen molar-refractivity contribution in [2.24, 2.45) is 0 Å². The van der Waals surface area contributed by atoms with Crippen LogP contribution in [0.25, 0.3) is 0 Å². The Hall–Kier alpha value is 0.0500. The van der Waals surface area contributed by atoms with Gasteiger partial charge in [-0.15, -0.1) is 23.2 Å². The van der Waals surface area contributed by atoms with Gasteiger partial charge in [0.15, 0.2) is 0 Å². The molecule has 1 atom stereocenters. The highest BCUT2D eigenvalue weighted by atomic mass is 35.5. The number of aryl methyl sites for hydroxylation is 1. The predicted octanol–water partition coefficient (Wildman–Crippen LogP) is 3.74. The van der Waals surface area contributed by atoms with Crippen LogP contribution in [0.1, 0.15) is 24.2 Å². The van der Waals surface area contributed by atoms with E-state index < -0.39 is 10.9 Å². The molecule has 1 aromatic rings. The van der Waals surface area contributed by atoms with Gasteiger partial charge in [-0.2, -0.15) is 0 Å². The summed E-state index contributed by atoms with van der Waals surface area (Å²) >= 11 is 17.1. The molecule has 1 aromatic carbocycles. The monoisotopic (exact) mass is 252 g/mol. The van der Waals surface area contributed by atoms with Crippen molar-refractivity contribution in [3.63, 3.8) is 0 Å². The fraction of sp³-hybridized carbons (Fsp3) is 0.400. The van der Waals surface area contributed by atoms with Crippen LogP contribution in [0.5, 0.6) is 0 Å². The summed E-state index contributed by atoms with van der Waals surface area (Å²) in [5.74, 6) is 0. The Morgan fingerprint density at radius 3 is 2.50 bits per heavy atom. The fourth-order valence-corrected chi connectivity index (χ4v) is 1.74. The van der Waals surface area contributed by atoms with Crippen LogP contribution in [0.2, 0.25) is 5.02 Å². The number of rotatable bonds is 3. The molecule has 0 fully saturated rings. The summed E-state index contributed by atoms with van der Waals surface area (Å²) in [4.78, 5) is -0.819. The maximum absolute atomic E-state index is 9.60. The highest BCUT2D eigenvalue weighted by Gasteiger charge is 2.16. The van der Waals surface area contributed by atoms with Gasteiger partial charge in [0.2, 0.25) is 0 Å². The SMILES string of the molecule is CCc1cc(C(O)C(Cl)Cl)ccc1Cl. The van der Waals surface area contributed by atoms with E-state index in [1.807, 2.05) is 13.0 Å². The van der Waals surface area contributed by atoms with Crippen LogP contribution >= 0.6 is 34.8 Å². The van der Waals surface area contributed by atoms with Crippen LogP contribution in [0.3, 0.4) is 0 Å². The molecule has 1 unspecified atom stereocenters. The first-order chi connectivity index (χ1) is 6.56. The zero-order valence-electron chi connectivity index (χ0n) is 7.67. The minimum absolute atomic E-state index is 0.696.